The van der Waals surface area contributed by atoms with Gasteiger partial charge < -0.3 is 29.5 Å². The number of halogens is 1. The highest BCUT2D eigenvalue weighted by molar-refractivity contribution is 5.75. The molecule has 12 heteroatoms. The first kappa shape index (κ1) is 31.1. The number of rotatable bonds is 12. The molecule has 0 spiro atoms. The predicted molar refractivity (Wildman–Crippen MR) is 168 cm³/mol. The van der Waals surface area contributed by atoms with Gasteiger partial charge in [-0.05, 0) is 60.9 Å². The van der Waals surface area contributed by atoms with Crippen LogP contribution in [0.2, 0.25) is 0 Å². The zero-order valence-corrected chi connectivity index (χ0v) is 25.7. The Morgan fingerprint density at radius 2 is 1.44 bits per heavy atom. The number of nitrogens with one attached hydrogen (secondary N) is 1. The monoisotopic (exact) mass is 611 g/mol. The summed E-state index contributed by atoms with van der Waals surface area (Å²) in [6.45, 7) is 4.42. The second-order valence-corrected chi connectivity index (χ2v) is 10.2. The van der Waals surface area contributed by atoms with Crippen LogP contribution in [-0.4, -0.2) is 51.4 Å². The summed E-state index contributed by atoms with van der Waals surface area (Å²) < 4.78 is 30.1. The number of aliphatic hydroxyl groups is 1. The Morgan fingerprint density at radius 1 is 0.822 bits per heavy atom. The highest BCUT2D eigenvalue weighted by Crippen LogP contribution is 2.31. The SMILES string of the molecule is COc1ccc(CN(Cc2ccc(OC)cc2)c2nc(C)nc(-c3cc(C(C)O)cnc3Nc3cnc(OC)c(F)c3)n2)cc1. The number of aliphatic hydroxyl groups excluding tert-OH is 1. The van der Waals surface area contributed by atoms with E-state index in [4.69, 9.17) is 24.2 Å². The van der Waals surface area contributed by atoms with Gasteiger partial charge in [0.05, 0.1) is 44.9 Å². The topological polar surface area (TPSA) is 128 Å². The van der Waals surface area contributed by atoms with Crippen LogP contribution in [0.1, 0.15) is 35.5 Å². The van der Waals surface area contributed by atoms with Crippen molar-refractivity contribution in [3.63, 3.8) is 0 Å². The number of benzene rings is 2. The Balaban J connectivity index is 1.57. The van der Waals surface area contributed by atoms with Gasteiger partial charge in [0.15, 0.2) is 11.6 Å². The van der Waals surface area contributed by atoms with Crippen LogP contribution in [0.25, 0.3) is 11.4 Å². The molecule has 0 amide bonds. The Bertz CT molecular complexity index is 1700. The summed E-state index contributed by atoms with van der Waals surface area (Å²) in [4.78, 5) is 24.8. The molecule has 5 rings (SSSR count). The molecule has 0 bridgehead atoms. The number of aryl methyl sites for hydroxylation is 1. The van der Waals surface area contributed by atoms with E-state index >= 15 is 0 Å². The average Bonchev–Trinajstić information content (AvgIpc) is 3.05. The fraction of sp³-hybridized carbons (Fsp3) is 0.242. The second-order valence-electron chi connectivity index (χ2n) is 10.2. The van der Waals surface area contributed by atoms with Crippen molar-refractivity contribution < 1.29 is 23.7 Å². The van der Waals surface area contributed by atoms with Crippen molar-refractivity contribution in [2.45, 2.75) is 33.0 Å². The van der Waals surface area contributed by atoms with Crippen LogP contribution in [0.4, 0.5) is 21.8 Å². The average molecular weight is 612 g/mol. The van der Waals surface area contributed by atoms with Crippen LogP contribution in [0.5, 0.6) is 17.4 Å². The lowest BCUT2D eigenvalue weighted by atomic mass is 10.1. The van der Waals surface area contributed by atoms with Crippen molar-refractivity contribution in [1.29, 1.82) is 0 Å². The zero-order chi connectivity index (χ0) is 31.9. The van der Waals surface area contributed by atoms with E-state index in [2.05, 4.69) is 20.3 Å². The molecular weight excluding hydrogens is 577 g/mol. The summed E-state index contributed by atoms with van der Waals surface area (Å²) in [6, 6.07) is 18.6. The number of pyridine rings is 2. The van der Waals surface area contributed by atoms with Crippen LogP contribution in [-0.2, 0) is 13.1 Å². The lowest BCUT2D eigenvalue weighted by Crippen LogP contribution is -2.25. The van der Waals surface area contributed by atoms with Crippen LogP contribution in [0, 0.1) is 12.7 Å². The number of nitrogens with zero attached hydrogens (tertiary/aromatic N) is 6. The number of aromatic nitrogens is 5. The molecule has 2 N–H and O–H groups in total. The van der Waals surface area contributed by atoms with Crippen molar-refractivity contribution >= 4 is 17.5 Å². The fourth-order valence-electron chi connectivity index (χ4n) is 4.59. The Hall–Kier alpha value is -5.36. The van der Waals surface area contributed by atoms with Gasteiger partial charge in [0.25, 0.3) is 0 Å². The Labute approximate surface area is 260 Å². The Morgan fingerprint density at radius 3 is 1.98 bits per heavy atom. The molecule has 3 aromatic heterocycles. The quantitative estimate of drug-likeness (QED) is 0.178. The third-order valence-electron chi connectivity index (χ3n) is 6.98. The van der Waals surface area contributed by atoms with E-state index in [1.165, 1.54) is 19.4 Å². The minimum absolute atomic E-state index is 0.121. The molecular formula is C33H34FN7O4. The summed E-state index contributed by atoms with van der Waals surface area (Å²) in [5, 5.41) is 13.5. The Kier molecular flexibility index (Phi) is 9.64. The highest BCUT2D eigenvalue weighted by Gasteiger charge is 2.19. The summed E-state index contributed by atoms with van der Waals surface area (Å²) >= 11 is 0. The molecule has 0 saturated carbocycles. The van der Waals surface area contributed by atoms with Gasteiger partial charge in [-0.3, -0.25) is 0 Å². The molecule has 0 saturated heterocycles. The minimum atomic E-state index is -0.797. The van der Waals surface area contributed by atoms with Crippen molar-refractivity contribution in [2.75, 3.05) is 31.5 Å². The molecule has 45 heavy (non-hydrogen) atoms. The van der Waals surface area contributed by atoms with Crippen molar-refractivity contribution in [3.8, 4) is 28.8 Å². The van der Waals surface area contributed by atoms with Crippen molar-refractivity contribution in [3.05, 3.63) is 101 Å². The summed E-state index contributed by atoms with van der Waals surface area (Å²) in [5.74, 6) is 2.36. The fourth-order valence-corrected chi connectivity index (χ4v) is 4.59. The normalized spacial score (nSPS) is 11.5. The van der Waals surface area contributed by atoms with Gasteiger partial charge in [0, 0.05) is 25.4 Å². The van der Waals surface area contributed by atoms with E-state index in [1.807, 2.05) is 53.4 Å². The lowest BCUT2D eigenvalue weighted by Gasteiger charge is -2.24. The maximum Gasteiger partial charge on any atom is 0.250 e. The van der Waals surface area contributed by atoms with E-state index in [0.29, 0.717) is 53.3 Å². The molecule has 2 aromatic carbocycles. The molecule has 5 aromatic rings. The smallest absolute Gasteiger partial charge is 0.250 e. The number of ether oxygens (including phenoxy) is 3. The summed E-state index contributed by atoms with van der Waals surface area (Å²) in [5.41, 5.74) is 3.45. The molecule has 1 atom stereocenters. The third-order valence-corrected chi connectivity index (χ3v) is 6.98. The maximum absolute atomic E-state index is 14.5. The molecule has 0 radical (unpaired) electrons. The molecule has 0 aliphatic carbocycles. The predicted octanol–water partition coefficient (Wildman–Crippen LogP) is 5.81. The standard InChI is InChI=1S/C33H34FN7O4/c1-20(42)24-14-28(30(35-16-24)39-25-15-29(34)32(45-5)36-17-25)31-37-21(2)38-33(40-31)41(18-22-6-10-26(43-3)11-7-22)19-23-8-12-27(44-4)13-9-23/h6-17,20,42H,18-19H2,1-5H3,(H,35,39). The number of hydrogen-bond donors (Lipinski definition) is 2. The van der Waals surface area contributed by atoms with E-state index in [1.54, 1.807) is 40.3 Å². The first-order valence-corrected chi connectivity index (χ1v) is 14.1. The molecule has 1 unspecified atom stereocenters. The van der Waals surface area contributed by atoms with Gasteiger partial charge in [-0.15, -0.1) is 0 Å². The molecule has 11 nitrogen and oxygen atoms in total. The third kappa shape index (κ3) is 7.60. The van der Waals surface area contributed by atoms with E-state index < -0.39 is 11.9 Å². The first-order chi connectivity index (χ1) is 21.8. The van der Waals surface area contributed by atoms with E-state index in [9.17, 15) is 9.50 Å². The number of methoxy groups -OCH3 is 3. The van der Waals surface area contributed by atoms with E-state index in [-0.39, 0.29) is 5.88 Å². The van der Waals surface area contributed by atoms with Gasteiger partial charge in [-0.2, -0.15) is 9.97 Å². The van der Waals surface area contributed by atoms with Crippen LogP contribution >= 0.6 is 0 Å². The largest absolute Gasteiger partial charge is 0.497 e. The van der Waals surface area contributed by atoms with Crippen LogP contribution in [0.3, 0.4) is 0 Å². The molecule has 0 fully saturated rings. The molecule has 3 heterocycles. The van der Waals surface area contributed by atoms with Crippen molar-refractivity contribution in [2.24, 2.45) is 0 Å². The summed E-state index contributed by atoms with van der Waals surface area (Å²) in [7, 11) is 4.61. The lowest BCUT2D eigenvalue weighted by molar-refractivity contribution is 0.199. The van der Waals surface area contributed by atoms with Gasteiger partial charge in [0.2, 0.25) is 11.8 Å². The number of hydrogen-bond acceptors (Lipinski definition) is 11. The highest BCUT2D eigenvalue weighted by atomic mass is 19.1. The second kappa shape index (κ2) is 14.0. The molecule has 232 valence electrons. The van der Waals surface area contributed by atoms with Gasteiger partial charge in [-0.25, -0.2) is 19.3 Å². The van der Waals surface area contributed by atoms with Gasteiger partial charge >= 0.3 is 0 Å². The summed E-state index contributed by atoms with van der Waals surface area (Å²) in [6.07, 6.45) is 2.18. The maximum atomic E-state index is 14.5. The zero-order valence-electron chi connectivity index (χ0n) is 25.7. The molecule has 0 aliphatic rings. The van der Waals surface area contributed by atoms with Gasteiger partial charge in [0.1, 0.15) is 23.1 Å². The van der Waals surface area contributed by atoms with Crippen molar-refractivity contribution in [1.82, 2.24) is 24.9 Å². The van der Waals surface area contributed by atoms with Crippen LogP contribution in [0.15, 0.2) is 73.1 Å². The van der Waals surface area contributed by atoms with E-state index in [0.717, 1.165) is 22.6 Å². The minimum Gasteiger partial charge on any atom is -0.497 e. The molecule has 0 aliphatic heterocycles. The van der Waals surface area contributed by atoms with Gasteiger partial charge in [-0.1, -0.05) is 24.3 Å². The van der Waals surface area contributed by atoms with Crippen LogP contribution < -0.4 is 24.4 Å². The number of anilines is 3. The first-order valence-electron chi connectivity index (χ1n) is 14.1.